The fraction of sp³-hybridized carbons (Fsp3) is 0.529. The molecule has 0 aromatic heterocycles. The molecule has 2 atom stereocenters. The average molecular weight is 338 g/mol. The van der Waals surface area contributed by atoms with Crippen LogP contribution in [0.1, 0.15) is 19.3 Å². The number of carbonyl (C=O) groups is 2. The SMILES string of the molecule is CO[C@@H]1CCN(C(=O)CCOc2cccc(F)c2)C[C@H]1CC(N)=O. The second kappa shape index (κ2) is 8.63. The maximum atomic E-state index is 13.1. The van der Waals surface area contributed by atoms with Crippen molar-refractivity contribution in [3.05, 3.63) is 30.1 Å². The summed E-state index contributed by atoms with van der Waals surface area (Å²) >= 11 is 0. The highest BCUT2D eigenvalue weighted by Crippen LogP contribution is 2.23. The molecular weight excluding hydrogens is 315 g/mol. The minimum absolute atomic E-state index is 0.0598. The number of nitrogens with zero attached hydrogens (tertiary/aromatic N) is 1. The predicted octanol–water partition coefficient (Wildman–Crippen LogP) is 1.33. The lowest BCUT2D eigenvalue weighted by atomic mass is 9.91. The van der Waals surface area contributed by atoms with Crippen molar-refractivity contribution in [3.63, 3.8) is 0 Å². The summed E-state index contributed by atoms with van der Waals surface area (Å²) in [5, 5.41) is 0. The number of primary amides is 1. The van der Waals surface area contributed by atoms with E-state index in [0.29, 0.717) is 25.3 Å². The van der Waals surface area contributed by atoms with Crippen molar-refractivity contribution < 1.29 is 23.5 Å². The number of hydrogen-bond acceptors (Lipinski definition) is 4. The molecular formula is C17H23FN2O4. The van der Waals surface area contributed by atoms with Gasteiger partial charge < -0.3 is 20.1 Å². The minimum atomic E-state index is -0.397. The zero-order valence-electron chi connectivity index (χ0n) is 13.7. The van der Waals surface area contributed by atoms with Gasteiger partial charge >= 0.3 is 0 Å². The van der Waals surface area contributed by atoms with Gasteiger partial charge in [0, 0.05) is 38.6 Å². The molecule has 1 fully saturated rings. The van der Waals surface area contributed by atoms with E-state index in [1.807, 2.05) is 0 Å². The molecule has 7 heteroatoms. The van der Waals surface area contributed by atoms with Crippen LogP contribution in [0.25, 0.3) is 0 Å². The molecule has 0 bridgehead atoms. The molecule has 1 aliphatic rings. The number of nitrogens with two attached hydrogens (primary N) is 1. The standard InChI is InChI=1S/C17H23FN2O4/c1-23-15-5-7-20(11-12(15)9-16(19)21)17(22)6-8-24-14-4-2-3-13(18)10-14/h2-4,10,12,15H,5-9,11H2,1H3,(H2,19,21)/t12-,15-/m1/s1. The highest BCUT2D eigenvalue weighted by atomic mass is 19.1. The fourth-order valence-electron chi connectivity index (χ4n) is 2.97. The molecule has 2 amide bonds. The van der Waals surface area contributed by atoms with Gasteiger partial charge in [0.1, 0.15) is 11.6 Å². The number of rotatable bonds is 7. The number of piperidine rings is 1. The molecule has 1 saturated heterocycles. The van der Waals surface area contributed by atoms with Crippen LogP contribution in [0.15, 0.2) is 24.3 Å². The smallest absolute Gasteiger partial charge is 0.226 e. The molecule has 6 nitrogen and oxygen atoms in total. The van der Waals surface area contributed by atoms with Gasteiger partial charge in [-0.05, 0) is 18.6 Å². The Labute approximate surface area is 140 Å². The second-order valence-electron chi connectivity index (χ2n) is 5.89. The zero-order chi connectivity index (χ0) is 17.5. The molecule has 0 radical (unpaired) electrons. The Balaban J connectivity index is 1.82. The predicted molar refractivity (Wildman–Crippen MR) is 85.8 cm³/mol. The Bertz CT molecular complexity index is 581. The van der Waals surface area contributed by atoms with Crippen LogP contribution in [0.4, 0.5) is 4.39 Å². The topological polar surface area (TPSA) is 81.9 Å². The highest BCUT2D eigenvalue weighted by Gasteiger charge is 2.32. The first kappa shape index (κ1) is 18.2. The summed E-state index contributed by atoms with van der Waals surface area (Å²) in [4.78, 5) is 25.2. The second-order valence-corrected chi connectivity index (χ2v) is 5.89. The van der Waals surface area contributed by atoms with Gasteiger partial charge in [-0.2, -0.15) is 0 Å². The quantitative estimate of drug-likeness (QED) is 0.813. The summed E-state index contributed by atoms with van der Waals surface area (Å²) in [6, 6.07) is 5.80. The molecule has 1 aliphatic heterocycles. The lowest BCUT2D eigenvalue weighted by Crippen LogP contribution is -2.47. The summed E-state index contributed by atoms with van der Waals surface area (Å²) in [6.07, 6.45) is 0.995. The average Bonchev–Trinajstić information content (AvgIpc) is 2.54. The number of carbonyl (C=O) groups excluding carboxylic acids is 2. The molecule has 24 heavy (non-hydrogen) atoms. The third-order valence-corrected chi connectivity index (χ3v) is 4.16. The van der Waals surface area contributed by atoms with Crippen molar-refractivity contribution in [1.82, 2.24) is 4.90 Å². The van der Waals surface area contributed by atoms with E-state index in [0.717, 1.165) is 0 Å². The molecule has 0 aliphatic carbocycles. The lowest BCUT2D eigenvalue weighted by molar-refractivity contribution is -0.137. The van der Waals surface area contributed by atoms with E-state index < -0.39 is 5.91 Å². The number of methoxy groups -OCH3 is 1. The van der Waals surface area contributed by atoms with Gasteiger partial charge in [-0.25, -0.2) is 4.39 Å². The van der Waals surface area contributed by atoms with Crippen molar-refractivity contribution >= 4 is 11.8 Å². The molecule has 1 aromatic rings. The van der Waals surface area contributed by atoms with Crippen molar-refractivity contribution in [2.75, 3.05) is 26.8 Å². The van der Waals surface area contributed by atoms with Crippen molar-refractivity contribution in [2.45, 2.75) is 25.4 Å². The van der Waals surface area contributed by atoms with Gasteiger partial charge in [0.2, 0.25) is 11.8 Å². The first-order valence-corrected chi connectivity index (χ1v) is 7.97. The molecule has 1 aromatic carbocycles. The molecule has 0 unspecified atom stereocenters. The van der Waals surface area contributed by atoms with Crippen LogP contribution in [0.3, 0.4) is 0 Å². The third-order valence-electron chi connectivity index (χ3n) is 4.16. The Morgan fingerprint density at radius 3 is 2.88 bits per heavy atom. The van der Waals surface area contributed by atoms with E-state index in [-0.39, 0.29) is 43.2 Å². The van der Waals surface area contributed by atoms with Crippen LogP contribution in [-0.4, -0.2) is 49.6 Å². The van der Waals surface area contributed by atoms with E-state index in [4.69, 9.17) is 15.2 Å². The summed E-state index contributed by atoms with van der Waals surface area (Å²) in [6.45, 7) is 1.19. The van der Waals surface area contributed by atoms with Gasteiger partial charge in [0.15, 0.2) is 0 Å². The molecule has 2 rings (SSSR count). The Hall–Kier alpha value is -2.15. The molecule has 0 saturated carbocycles. The molecule has 0 spiro atoms. The van der Waals surface area contributed by atoms with Gasteiger partial charge in [0.25, 0.3) is 0 Å². The van der Waals surface area contributed by atoms with Crippen LogP contribution in [0.5, 0.6) is 5.75 Å². The van der Waals surface area contributed by atoms with Crippen molar-refractivity contribution in [2.24, 2.45) is 11.7 Å². The number of ether oxygens (including phenoxy) is 2. The lowest BCUT2D eigenvalue weighted by Gasteiger charge is -2.37. The van der Waals surface area contributed by atoms with Crippen LogP contribution in [-0.2, 0) is 14.3 Å². The van der Waals surface area contributed by atoms with Crippen LogP contribution < -0.4 is 10.5 Å². The maximum Gasteiger partial charge on any atom is 0.226 e. The zero-order valence-corrected chi connectivity index (χ0v) is 13.7. The summed E-state index contributed by atoms with van der Waals surface area (Å²) < 4.78 is 23.8. The first-order chi connectivity index (χ1) is 11.5. The molecule has 132 valence electrons. The van der Waals surface area contributed by atoms with Crippen LogP contribution in [0, 0.1) is 11.7 Å². The van der Waals surface area contributed by atoms with E-state index in [1.54, 1.807) is 24.1 Å². The summed E-state index contributed by atoms with van der Waals surface area (Å²) in [7, 11) is 1.60. The van der Waals surface area contributed by atoms with Crippen molar-refractivity contribution in [3.8, 4) is 5.75 Å². The number of halogens is 1. The van der Waals surface area contributed by atoms with Crippen LogP contribution in [0.2, 0.25) is 0 Å². The maximum absolute atomic E-state index is 13.1. The van der Waals surface area contributed by atoms with Gasteiger partial charge in [0.05, 0.1) is 19.1 Å². The number of benzene rings is 1. The van der Waals surface area contributed by atoms with E-state index >= 15 is 0 Å². The first-order valence-electron chi connectivity index (χ1n) is 7.97. The third kappa shape index (κ3) is 5.19. The Kier molecular flexibility index (Phi) is 6.54. The monoisotopic (exact) mass is 338 g/mol. The minimum Gasteiger partial charge on any atom is -0.493 e. The largest absolute Gasteiger partial charge is 0.493 e. The van der Waals surface area contributed by atoms with Gasteiger partial charge in [-0.1, -0.05) is 6.07 Å². The van der Waals surface area contributed by atoms with Crippen LogP contribution >= 0.6 is 0 Å². The van der Waals surface area contributed by atoms with E-state index in [2.05, 4.69) is 0 Å². The van der Waals surface area contributed by atoms with E-state index in [1.165, 1.54) is 12.1 Å². The highest BCUT2D eigenvalue weighted by molar-refractivity contribution is 5.77. The number of hydrogen-bond donors (Lipinski definition) is 1. The normalized spacial score (nSPS) is 20.7. The summed E-state index contributed by atoms with van der Waals surface area (Å²) in [5.74, 6) is -0.530. The fourth-order valence-corrected chi connectivity index (χ4v) is 2.97. The number of amides is 2. The van der Waals surface area contributed by atoms with Gasteiger partial charge in [-0.15, -0.1) is 0 Å². The Morgan fingerprint density at radius 2 is 2.21 bits per heavy atom. The molecule has 1 heterocycles. The summed E-state index contributed by atoms with van der Waals surface area (Å²) in [5.41, 5.74) is 5.27. The van der Waals surface area contributed by atoms with Gasteiger partial charge in [-0.3, -0.25) is 9.59 Å². The van der Waals surface area contributed by atoms with E-state index in [9.17, 15) is 14.0 Å². The number of likely N-dealkylation sites (tertiary alicyclic amines) is 1. The van der Waals surface area contributed by atoms with Crippen molar-refractivity contribution in [1.29, 1.82) is 0 Å². The molecule has 2 N–H and O–H groups in total. The Morgan fingerprint density at radius 1 is 1.42 bits per heavy atom.